The van der Waals surface area contributed by atoms with E-state index in [2.05, 4.69) is 6.07 Å². The van der Waals surface area contributed by atoms with E-state index in [0.717, 1.165) is 28.9 Å². The molecule has 0 fully saturated rings. The van der Waals surface area contributed by atoms with E-state index in [1.165, 1.54) is 0 Å². The van der Waals surface area contributed by atoms with Gasteiger partial charge in [0, 0.05) is 15.6 Å². The molecule has 0 radical (unpaired) electrons. The van der Waals surface area contributed by atoms with Crippen molar-refractivity contribution in [3.63, 3.8) is 0 Å². The van der Waals surface area contributed by atoms with Gasteiger partial charge in [-0.2, -0.15) is 0 Å². The van der Waals surface area contributed by atoms with Gasteiger partial charge in [0.15, 0.2) is 0 Å². The Labute approximate surface area is 123 Å². The lowest BCUT2D eigenvalue weighted by atomic mass is 10.0. The zero-order chi connectivity index (χ0) is 13.8. The van der Waals surface area contributed by atoms with E-state index < -0.39 is 0 Å². The molecule has 0 heterocycles. The average Bonchev–Trinajstić information content (AvgIpc) is 2.38. The van der Waals surface area contributed by atoms with E-state index in [1.54, 1.807) is 13.2 Å². The summed E-state index contributed by atoms with van der Waals surface area (Å²) < 4.78 is 5.40. The van der Waals surface area contributed by atoms with Crippen molar-refractivity contribution in [1.82, 2.24) is 0 Å². The number of ether oxygens (including phenoxy) is 1. The largest absolute Gasteiger partial charge is 0.496 e. The first-order chi connectivity index (χ1) is 9.13. The van der Waals surface area contributed by atoms with Crippen LogP contribution in [0.4, 0.5) is 0 Å². The lowest BCUT2D eigenvalue weighted by molar-refractivity contribution is 0.416. The molecule has 0 spiro atoms. The van der Waals surface area contributed by atoms with Gasteiger partial charge < -0.3 is 10.5 Å². The number of benzene rings is 2. The molecule has 0 bridgehead atoms. The Morgan fingerprint density at radius 1 is 1.05 bits per heavy atom. The maximum absolute atomic E-state index is 6.05. The Balaban J connectivity index is 2.54. The minimum Gasteiger partial charge on any atom is -0.496 e. The van der Waals surface area contributed by atoms with Crippen LogP contribution in [0.5, 0.6) is 5.75 Å². The molecule has 19 heavy (non-hydrogen) atoms. The van der Waals surface area contributed by atoms with Gasteiger partial charge in [0.2, 0.25) is 0 Å². The van der Waals surface area contributed by atoms with Crippen molar-refractivity contribution in [3.8, 4) is 16.9 Å². The highest BCUT2D eigenvalue weighted by molar-refractivity contribution is 6.35. The van der Waals surface area contributed by atoms with Crippen LogP contribution in [-0.2, 0) is 6.42 Å². The highest BCUT2D eigenvalue weighted by Gasteiger charge is 2.09. The molecule has 0 atom stereocenters. The summed E-state index contributed by atoms with van der Waals surface area (Å²) in [5, 5.41) is 1.21. The first-order valence-electron chi connectivity index (χ1n) is 5.97. The Hall–Kier alpha value is -1.22. The van der Waals surface area contributed by atoms with Crippen LogP contribution in [0.1, 0.15) is 5.56 Å². The lowest BCUT2D eigenvalue weighted by Crippen LogP contribution is -2.03. The van der Waals surface area contributed by atoms with Crippen LogP contribution in [0.2, 0.25) is 10.0 Å². The molecule has 0 aliphatic carbocycles. The van der Waals surface area contributed by atoms with Crippen molar-refractivity contribution in [2.24, 2.45) is 5.73 Å². The third-order valence-electron chi connectivity index (χ3n) is 2.87. The average molecular weight is 296 g/mol. The second kappa shape index (κ2) is 6.29. The first kappa shape index (κ1) is 14.2. The predicted molar refractivity (Wildman–Crippen MR) is 81.2 cm³/mol. The molecule has 0 saturated carbocycles. The molecule has 2 aromatic rings. The monoisotopic (exact) mass is 295 g/mol. The molecular weight excluding hydrogens is 281 g/mol. The van der Waals surface area contributed by atoms with E-state index in [1.807, 2.05) is 24.3 Å². The zero-order valence-corrected chi connectivity index (χ0v) is 12.1. The quantitative estimate of drug-likeness (QED) is 0.919. The van der Waals surface area contributed by atoms with Crippen molar-refractivity contribution in [3.05, 3.63) is 52.0 Å². The van der Waals surface area contributed by atoms with E-state index in [9.17, 15) is 0 Å². The van der Waals surface area contributed by atoms with Crippen LogP contribution in [-0.4, -0.2) is 13.7 Å². The molecular formula is C15H15Cl2NO. The summed E-state index contributed by atoms with van der Waals surface area (Å²) in [4.78, 5) is 0. The van der Waals surface area contributed by atoms with E-state index in [0.29, 0.717) is 16.6 Å². The zero-order valence-electron chi connectivity index (χ0n) is 10.6. The number of methoxy groups -OCH3 is 1. The summed E-state index contributed by atoms with van der Waals surface area (Å²) in [5.74, 6) is 0.791. The molecule has 2 rings (SSSR count). The van der Waals surface area contributed by atoms with Crippen molar-refractivity contribution in [2.75, 3.05) is 13.7 Å². The smallest absolute Gasteiger partial charge is 0.126 e. The predicted octanol–water partition coefficient (Wildman–Crippen LogP) is 4.17. The number of halogens is 2. The van der Waals surface area contributed by atoms with Crippen molar-refractivity contribution >= 4 is 23.2 Å². The third-order valence-corrected chi connectivity index (χ3v) is 3.31. The summed E-state index contributed by atoms with van der Waals surface area (Å²) in [6, 6.07) is 11.5. The summed E-state index contributed by atoms with van der Waals surface area (Å²) >= 11 is 12.1. The van der Waals surface area contributed by atoms with Gasteiger partial charge in [-0.25, -0.2) is 0 Å². The first-order valence-corrected chi connectivity index (χ1v) is 6.73. The molecule has 0 amide bonds. The maximum Gasteiger partial charge on any atom is 0.126 e. The summed E-state index contributed by atoms with van der Waals surface area (Å²) in [6.07, 6.45) is 0.825. The van der Waals surface area contributed by atoms with Crippen molar-refractivity contribution < 1.29 is 4.74 Å². The second-order valence-electron chi connectivity index (χ2n) is 4.23. The van der Waals surface area contributed by atoms with Gasteiger partial charge in [-0.3, -0.25) is 0 Å². The molecule has 2 nitrogen and oxygen atoms in total. The second-order valence-corrected chi connectivity index (χ2v) is 5.10. The summed E-state index contributed by atoms with van der Waals surface area (Å²) in [6.45, 7) is 0.613. The molecule has 2 aromatic carbocycles. The van der Waals surface area contributed by atoms with Crippen LogP contribution in [0.25, 0.3) is 11.1 Å². The fraction of sp³-hybridized carbons (Fsp3) is 0.200. The fourth-order valence-corrected chi connectivity index (χ4v) is 2.54. The van der Waals surface area contributed by atoms with Crippen molar-refractivity contribution in [2.45, 2.75) is 6.42 Å². The van der Waals surface area contributed by atoms with Crippen LogP contribution in [0, 0.1) is 0 Å². The van der Waals surface area contributed by atoms with Gasteiger partial charge in [-0.15, -0.1) is 0 Å². The normalized spacial score (nSPS) is 10.5. The molecule has 2 N–H and O–H groups in total. The van der Waals surface area contributed by atoms with Crippen LogP contribution < -0.4 is 10.5 Å². The Kier molecular flexibility index (Phi) is 4.70. The van der Waals surface area contributed by atoms with Crippen LogP contribution >= 0.6 is 23.2 Å². The highest BCUT2D eigenvalue weighted by atomic mass is 35.5. The van der Waals surface area contributed by atoms with E-state index in [4.69, 9.17) is 33.7 Å². The van der Waals surface area contributed by atoms with Gasteiger partial charge >= 0.3 is 0 Å². The number of nitrogens with two attached hydrogens (primary N) is 1. The van der Waals surface area contributed by atoms with Gasteiger partial charge in [0.1, 0.15) is 5.75 Å². The summed E-state index contributed by atoms with van der Waals surface area (Å²) in [7, 11) is 1.65. The Bertz CT molecular complexity index is 564. The minimum absolute atomic E-state index is 0.605. The number of hydrogen-bond donors (Lipinski definition) is 1. The lowest BCUT2D eigenvalue weighted by Gasteiger charge is -2.11. The topological polar surface area (TPSA) is 35.2 Å². The molecule has 4 heteroatoms. The Morgan fingerprint density at radius 2 is 1.74 bits per heavy atom. The van der Waals surface area contributed by atoms with E-state index >= 15 is 0 Å². The van der Waals surface area contributed by atoms with Crippen molar-refractivity contribution in [1.29, 1.82) is 0 Å². The SMILES string of the molecule is COc1ccc(CCN)cc1-c1cc(Cl)cc(Cl)c1. The van der Waals surface area contributed by atoms with Gasteiger partial charge in [-0.1, -0.05) is 29.3 Å². The molecule has 0 aromatic heterocycles. The van der Waals surface area contributed by atoms with Gasteiger partial charge in [-0.05, 0) is 54.4 Å². The van der Waals surface area contributed by atoms with E-state index in [-0.39, 0.29) is 0 Å². The summed E-state index contributed by atoms with van der Waals surface area (Å²) in [5.41, 5.74) is 8.66. The standard InChI is InChI=1S/C15H15Cl2NO/c1-19-15-3-2-10(4-5-18)6-14(15)11-7-12(16)9-13(17)8-11/h2-3,6-9H,4-5,18H2,1H3. The number of hydrogen-bond acceptors (Lipinski definition) is 2. The minimum atomic E-state index is 0.605. The van der Waals surface area contributed by atoms with Crippen LogP contribution in [0.3, 0.4) is 0 Å². The molecule has 0 saturated heterocycles. The highest BCUT2D eigenvalue weighted by Crippen LogP contribution is 2.34. The molecule has 0 aliphatic heterocycles. The van der Waals surface area contributed by atoms with Crippen LogP contribution in [0.15, 0.2) is 36.4 Å². The van der Waals surface area contributed by atoms with Gasteiger partial charge in [0.05, 0.1) is 7.11 Å². The maximum atomic E-state index is 6.05. The molecule has 0 aliphatic rings. The fourth-order valence-electron chi connectivity index (χ4n) is 2.01. The van der Waals surface area contributed by atoms with Gasteiger partial charge in [0.25, 0.3) is 0 Å². The Morgan fingerprint density at radius 3 is 2.32 bits per heavy atom. The number of rotatable bonds is 4. The third kappa shape index (κ3) is 3.41. The molecule has 0 unspecified atom stereocenters. The molecule has 100 valence electrons.